The van der Waals surface area contributed by atoms with E-state index >= 15 is 0 Å². The Labute approximate surface area is 134 Å². The molecule has 120 valence electrons. The van der Waals surface area contributed by atoms with Crippen molar-refractivity contribution in [2.45, 2.75) is 11.8 Å². The molecular formula is C16H15NO5S. The van der Waals surface area contributed by atoms with E-state index < -0.39 is 16.0 Å². The third-order valence-electron chi connectivity index (χ3n) is 3.62. The Kier molecular flexibility index (Phi) is 3.73. The van der Waals surface area contributed by atoms with Gasteiger partial charge in [-0.2, -0.15) is 0 Å². The first-order valence-corrected chi connectivity index (χ1v) is 8.44. The van der Waals surface area contributed by atoms with E-state index in [0.717, 1.165) is 0 Å². The van der Waals surface area contributed by atoms with Crippen LogP contribution in [0.1, 0.15) is 15.9 Å². The molecule has 0 unspecified atom stereocenters. The second-order valence-electron chi connectivity index (χ2n) is 5.20. The van der Waals surface area contributed by atoms with Crippen LogP contribution in [0.4, 0.5) is 5.69 Å². The summed E-state index contributed by atoms with van der Waals surface area (Å²) >= 11 is 0. The highest BCUT2D eigenvalue weighted by Crippen LogP contribution is 2.35. The third kappa shape index (κ3) is 2.63. The average molecular weight is 333 g/mol. The first-order chi connectivity index (χ1) is 10.9. The number of sulfonamides is 1. The van der Waals surface area contributed by atoms with Crippen LogP contribution in [0.3, 0.4) is 0 Å². The van der Waals surface area contributed by atoms with Crippen molar-refractivity contribution in [2.75, 3.05) is 17.5 Å². The molecule has 0 atom stereocenters. The van der Waals surface area contributed by atoms with Crippen molar-refractivity contribution in [3.05, 3.63) is 53.6 Å². The monoisotopic (exact) mass is 333 g/mol. The minimum atomic E-state index is -4.00. The van der Waals surface area contributed by atoms with Crippen molar-refractivity contribution in [1.82, 2.24) is 0 Å². The van der Waals surface area contributed by atoms with Gasteiger partial charge in [-0.15, -0.1) is 0 Å². The Balaban J connectivity index is 2.16. The van der Waals surface area contributed by atoms with Gasteiger partial charge in [-0.3, -0.25) is 4.31 Å². The number of anilines is 1. The highest BCUT2D eigenvalue weighted by Gasteiger charge is 2.32. The van der Waals surface area contributed by atoms with Crippen LogP contribution >= 0.6 is 0 Å². The summed E-state index contributed by atoms with van der Waals surface area (Å²) in [5, 5.41) is 9.34. The van der Waals surface area contributed by atoms with Gasteiger partial charge in [0, 0.05) is 0 Å². The number of aromatic carboxylic acids is 1. The number of carboxylic acid groups (broad SMARTS) is 1. The lowest BCUT2D eigenvalue weighted by Gasteiger charge is -2.30. The van der Waals surface area contributed by atoms with Crippen molar-refractivity contribution in [3.8, 4) is 5.75 Å². The Morgan fingerprint density at radius 3 is 2.70 bits per heavy atom. The van der Waals surface area contributed by atoms with E-state index in [1.54, 1.807) is 37.3 Å². The molecule has 0 saturated heterocycles. The van der Waals surface area contributed by atoms with Crippen molar-refractivity contribution in [2.24, 2.45) is 0 Å². The summed E-state index contributed by atoms with van der Waals surface area (Å²) in [4.78, 5) is 11.2. The minimum absolute atomic E-state index is 0.131. The Morgan fingerprint density at radius 2 is 1.96 bits per heavy atom. The summed E-state index contributed by atoms with van der Waals surface area (Å²) in [6.45, 7) is 2.06. The largest absolute Gasteiger partial charge is 0.489 e. The molecule has 1 aliphatic rings. The molecule has 7 heteroatoms. The summed E-state index contributed by atoms with van der Waals surface area (Å²) in [5.74, 6) is -0.805. The smallest absolute Gasteiger partial charge is 0.337 e. The normalized spacial score (nSPS) is 14.0. The van der Waals surface area contributed by atoms with Gasteiger partial charge in [0.1, 0.15) is 17.3 Å². The van der Waals surface area contributed by atoms with E-state index in [1.165, 1.54) is 16.4 Å². The molecule has 6 nitrogen and oxygen atoms in total. The fourth-order valence-corrected chi connectivity index (χ4v) is 4.17. The molecule has 23 heavy (non-hydrogen) atoms. The zero-order valence-corrected chi connectivity index (χ0v) is 13.2. The van der Waals surface area contributed by atoms with E-state index in [4.69, 9.17) is 4.74 Å². The number of carbonyl (C=O) groups is 1. The highest BCUT2D eigenvalue weighted by molar-refractivity contribution is 7.93. The summed E-state index contributed by atoms with van der Waals surface area (Å²) in [6, 6.07) is 11.1. The number of aryl methyl sites for hydroxylation is 1. The van der Waals surface area contributed by atoms with Crippen molar-refractivity contribution < 1.29 is 23.1 Å². The quantitative estimate of drug-likeness (QED) is 0.931. The summed E-state index contributed by atoms with van der Waals surface area (Å²) in [6.07, 6.45) is 0. The lowest BCUT2D eigenvalue weighted by Crippen LogP contribution is -2.38. The molecule has 0 amide bonds. The van der Waals surface area contributed by atoms with E-state index in [2.05, 4.69) is 0 Å². The maximum Gasteiger partial charge on any atom is 0.337 e. The Hall–Kier alpha value is -2.54. The fourth-order valence-electron chi connectivity index (χ4n) is 2.55. The van der Waals surface area contributed by atoms with E-state index in [1.807, 2.05) is 0 Å². The molecule has 1 N–H and O–H groups in total. The van der Waals surface area contributed by atoms with Gasteiger partial charge in [-0.05, 0) is 31.2 Å². The minimum Gasteiger partial charge on any atom is -0.489 e. The molecule has 0 fully saturated rings. The van der Waals surface area contributed by atoms with Crippen LogP contribution < -0.4 is 9.04 Å². The summed E-state index contributed by atoms with van der Waals surface area (Å²) in [7, 11) is -4.00. The Bertz CT molecular complexity index is 876. The van der Waals surface area contributed by atoms with E-state index in [0.29, 0.717) is 17.0 Å². The lowest BCUT2D eigenvalue weighted by atomic mass is 10.1. The lowest BCUT2D eigenvalue weighted by molar-refractivity contribution is 0.0692. The zero-order valence-electron chi connectivity index (χ0n) is 12.4. The molecule has 2 aromatic carbocycles. The van der Waals surface area contributed by atoms with E-state index in [-0.39, 0.29) is 23.6 Å². The summed E-state index contributed by atoms with van der Waals surface area (Å²) < 4.78 is 32.6. The van der Waals surface area contributed by atoms with Crippen LogP contribution in [-0.4, -0.2) is 32.6 Å². The first kappa shape index (κ1) is 15.4. The molecule has 0 aliphatic carbocycles. The zero-order chi connectivity index (χ0) is 16.6. The number of hydrogen-bond donors (Lipinski definition) is 1. The number of para-hydroxylation sites is 2. The molecule has 1 heterocycles. The molecule has 0 radical (unpaired) electrons. The van der Waals surface area contributed by atoms with Gasteiger partial charge in [-0.25, -0.2) is 13.2 Å². The molecular weight excluding hydrogens is 318 g/mol. The maximum atomic E-state index is 13.0. The number of fused-ring (bicyclic) bond motifs is 1. The third-order valence-corrected chi connectivity index (χ3v) is 5.49. The van der Waals surface area contributed by atoms with Crippen LogP contribution in [-0.2, 0) is 10.0 Å². The average Bonchev–Trinajstić information content (AvgIpc) is 2.54. The van der Waals surface area contributed by atoms with Gasteiger partial charge < -0.3 is 9.84 Å². The predicted octanol–water partition coefficient (Wildman–Crippen LogP) is 2.28. The number of benzene rings is 2. The topological polar surface area (TPSA) is 83.9 Å². The van der Waals surface area contributed by atoms with Crippen LogP contribution in [0, 0.1) is 6.92 Å². The predicted molar refractivity (Wildman–Crippen MR) is 84.6 cm³/mol. The van der Waals surface area contributed by atoms with Crippen molar-refractivity contribution >= 4 is 21.7 Å². The number of nitrogens with zero attached hydrogens (tertiary/aromatic N) is 1. The molecule has 1 aliphatic heterocycles. The highest BCUT2D eigenvalue weighted by atomic mass is 32.2. The molecule has 0 bridgehead atoms. The first-order valence-electron chi connectivity index (χ1n) is 7.00. The van der Waals surface area contributed by atoms with Gasteiger partial charge in [0.15, 0.2) is 0 Å². The summed E-state index contributed by atoms with van der Waals surface area (Å²) in [5.41, 5.74) is 0.869. The second-order valence-corrected chi connectivity index (χ2v) is 7.03. The standard InChI is InChI=1S/C16H15NO5S/c1-11-6-7-15(12(10-11)16(18)19)23(20,21)17-8-9-22-14-5-3-2-4-13(14)17/h2-7,10H,8-9H2,1H3,(H,18,19). The molecule has 3 rings (SSSR count). The van der Waals surface area contributed by atoms with Crippen molar-refractivity contribution in [1.29, 1.82) is 0 Å². The molecule has 0 aromatic heterocycles. The van der Waals surface area contributed by atoms with Crippen LogP contribution in [0.15, 0.2) is 47.4 Å². The fraction of sp³-hybridized carbons (Fsp3) is 0.188. The number of rotatable bonds is 3. The van der Waals surface area contributed by atoms with Gasteiger partial charge >= 0.3 is 5.97 Å². The van der Waals surface area contributed by atoms with Gasteiger partial charge in [0.05, 0.1) is 17.8 Å². The van der Waals surface area contributed by atoms with Crippen LogP contribution in [0.25, 0.3) is 0 Å². The molecule has 0 spiro atoms. The number of carboxylic acids is 1. The van der Waals surface area contributed by atoms with Crippen molar-refractivity contribution in [3.63, 3.8) is 0 Å². The maximum absolute atomic E-state index is 13.0. The molecule has 2 aromatic rings. The SMILES string of the molecule is Cc1ccc(S(=O)(=O)N2CCOc3ccccc32)c(C(=O)O)c1. The van der Waals surface area contributed by atoms with Gasteiger partial charge in [0.2, 0.25) is 0 Å². The van der Waals surface area contributed by atoms with Gasteiger partial charge in [0.25, 0.3) is 10.0 Å². The number of ether oxygens (including phenoxy) is 1. The van der Waals surface area contributed by atoms with Crippen LogP contribution in [0.2, 0.25) is 0 Å². The van der Waals surface area contributed by atoms with E-state index in [9.17, 15) is 18.3 Å². The number of hydrogen-bond acceptors (Lipinski definition) is 4. The van der Waals surface area contributed by atoms with Gasteiger partial charge in [-0.1, -0.05) is 23.8 Å². The van der Waals surface area contributed by atoms with Crippen LogP contribution in [0.5, 0.6) is 5.75 Å². The second kappa shape index (κ2) is 5.58. The Morgan fingerprint density at radius 1 is 1.22 bits per heavy atom. The molecule has 0 saturated carbocycles.